The maximum atomic E-state index is 12.6. The van der Waals surface area contributed by atoms with Crippen LogP contribution in [-0.2, 0) is 10.2 Å². The van der Waals surface area contributed by atoms with Gasteiger partial charge in [-0.3, -0.25) is 4.79 Å². The highest BCUT2D eigenvalue weighted by Gasteiger charge is 2.50. The Bertz CT molecular complexity index is 535. The Morgan fingerprint density at radius 1 is 1.19 bits per heavy atom. The van der Waals surface area contributed by atoms with E-state index in [2.05, 4.69) is 29.6 Å². The van der Waals surface area contributed by atoms with E-state index in [0.29, 0.717) is 11.8 Å². The topological polar surface area (TPSA) is 55.1 Å². The molecule has 1 amide bonds. The molecule has 1 aromatic carbocycles. The number of fused-ring (bicyclic) bond motifs is 2. The summed E-state index contributed by atoms with van der Waals surface area (Å²) in [6, 6.07) is 10.7. The minimum absolute atomic E-state index is 0.0651. The van der Waals surface area contributed by atoms with Gasteiger partial charge in [-0.25, -0.2) is 0 Å². The number of nitrogens with one attached hydrogen (secondary N) is 1. The molecule has 0 aromatic heterocycles. The van der Waals surface area contributed by atoms with Crippen LogP contribution in [0.2, 0.25) is 0 Å². The van der Waals surface area contributed by atoms with Crippen LogP contribution in [0.25, 0.3) is 0 Å². The summed E-state index contributed by atoms with van der Waals surface area (Å²) in [5, 5.41) is 3.22. The zero-order valence-electron chi connectivity index (χ0n) is 12.4. The Morgan fingerprint density at radius 3 is 2.52 bits per heavy atom. The molecule has 3 aliphatic rings. The van der Waals surface area contributed by atoms with Crippen molar-refractivity contribution in [1.82, 2.24) is 5.32 Å². The molecule has 3 heteroatoms. The summed E-state index contributed by atoms with van der Waals surface area (Å²) in [7, 11) is 0. The average Bonchev–Trinajstić information content (AvgIpc) is 3.06. The summed E-state index contributed by atoms with van der Waals surface area (Å²) in [6.07, 6.45) is 5.95. The molecule has 4 atom stereocenters. The second-order valence-electron chi connectivity index (χ2n) is 7.30. The summed E-state index contributed by atoms with van der Waals surface area (Å²) >= 11 is 0. The Balaban J connectivity index is 1.40. The molecule has 4 unspecified atom stereocenters. The van der Waals surface area contributed by atoms with E-state index in [1.165, 1.54) is 37.7 Å². The molecule has 3 saturated carbocycles. The van der Waals surface area contributed by atoms with E-state index in [9.17, 15) is 4.79 Å². The third-order valence-corrected chi connectivity index (χ3v) is 6.12. The molecule has 1 aromatic rings. The standard InChI is InChI=1S/C18H24N2O/c19-16-13-7-6-12(10-13)15(16)17(21)20-11-18(8-9-18)14-4-2-1-3-5-14/h1-5,12-13,15-16H,6-11,19H2,(H,20,21). The molecule has 3 aliphatic carbocycles. The second-order valence-corrected chi connectivity index (χ2v) is 7.30. The summed E-state index contributed by atoms with van der Waals surface area (Å²) in [5.41, 5.74) is 7.83. The van der Waals surface area contributed by atoms with Crippen LogP contribution >= 0.6 is 0 Å². The molecule has 112 valence electrons. The van der Waals surface area contributed by atoms with Crippen molar-refractivity contribution < 1.29 is 4.79 Å². The summed E-state index contributed by atoms with van der Waals surface area (Å²) < 4.78 is 0. The van der Waals surface area contributed by atoms with Gasteiger partial charge in [0.15, 0.2) is 0 Å². The highest BCUT2D eigenvalue weighted by atomic mass is 16.2. The number of nitrogens with two attached hydrogens (primary N) is 1. The first kappa shape index (κ1) is 13.3. The third kappa shape index (κ3) is 2.18. The number of hydrogen-bond acceptors (Lipinski definition) is 2. The fourth-order valence-electron chi connectivity index (χ4n) is 4.61. The number of carbonyl (C=O) groups is 1. The number of hydrogen-bond donors (Lipinski definition) is 2. The number of carbonyl (C=O) groups excluding carboxylic acids is 1. The van der Waals surface area contributed by atoms with Gasteiger partial charge in [0.2, 0.25) is 5.91 Å². The molecule has 21 heavy (non-hydrogen) atoms. The summed E-state index contributed by atoms with van der Waals surface area (Å²) in [4.78, 5) is 12.6. The molecule has 3 fully saturated rings. The van der Waals surface area contributed by atoms with Crippen LogP contribution < -0.4 is 11.1 Å². The van der Waals surface area contributed by atoms with Crippen molar-refractivity contribution in [3.8, 4) is 0 Å². The Morgan fingerprint density at radius 2 is 1.90 bits per heavy atom. The largest absolute Gasteiger partial charge is 0.355 e. The number of benzene rings is 1. The predicted molar refractivity (Wildman–Crippen MR) is 82.7 cm³/mol. The van der Waals surface area contributed by atoms with Gasteiger partial charge in [0.05, 0.1) is 5.92 Å². The van der Waals surface area contributed by atoms with Crippen molar-refractivity contribution in [2.75, 3.05) is 6.54 Å². The van der Waals surface area contributed by atoms with E-state index in [-0.39, 0.29) is 23.3 Å². The Kier molecular flexibility index (Phi) is 3.07. The van der Waals surface area contributed by atoms with Crippen LogP contribution in [-0.4, -0.2) is 18.5 Å². The predicted octanol–water partition coefficient (Wildman–Crippen LogP) is 2.21. The first-order chi connectivity index (χ1) is 10.2. The van der Waals surface area contributed by atoms with E-state index in [1.807, 2.05) is 6.07 Å². The molecule has 0 radical (unpaired) electrons. The highest BCUT2D eigenvalue weighted by Crippen LogP contribution is 2.49. The van der Waals surface area contributed by atoms with Gasteiger partial charge in [0.1, 0.15) is 0 Å². The molecule has 0 saturated heterocycles. The smallest absolute Gasteiger partial charge is 0.224 e. The van der Waals surface area contributed by atoms with Gasteiger partial charge < -0.3 is 11.1 Å². The van der Waals surface area contributed by atoms with Crippen LogP contribution in [0.1, 0.15) is 37.7 Å². The lowest BCUT2D eigenvalue weighted by atomic mass is 9.84. The van der Waals surface area contributed by atoms with Gasteiger partial charge in [-0.15, -0.1) is 0 Å². The van der Waals surface area contributed by atoms with E-state index in [4.69, 9.17) is 5.73 Å². The van der Waals surface area contributed by atoms with Crippen LogP contribution in [0.5, 0.6) is 0 Å². The fourth-order valence-corrected chi connectivity index (χ4v) is 4.61. The summed E-state index contributed by atoms with van der Waals surface area (Å²) in [5.74, 6) is 1.40. The van der Waals surface area contributed by atoms with Crippen molar-refractivity contribution >= 4 is 5.91 Å². The minimum atomic E-state index is 0.0651. The minimum Gasteiger partial charge on any atom is -0.355 e. The molecule has 4 rings (SSSR count). The van der Waals surface area contributed by atoms with Crippen molar-refractivity contribution in [1.29, 1.82) is 0 Å². The number of amides is 1. The van der Waals surface area contributed by atoms with E-state index in [1.54, 1.807) is 0 Å². The zero-order valence-corrected chi connectivity index (χ0v) is 12.4. The quantitative estimate of drug-likeness (QED) is 0.890. The second kappa shape index (κ2) is 4.84. The van der Waals surface area contributed by atoms with Gasteiger partial charge in [-0.2, -0.15) is 0 Å². The Labute approximate surface area is 126 Å². The lowest BCUT2D eigenvalue weighted by Crippen LogP contribution is -2.46. The van der Waals surface area contributed by atoms with E-state index >= 15 is 0 Å². The van der Waals surface area contributed by atoms with Gasteiger partial charge >= 0.3 is 0 Å². The SMILES string of the molecule is NC1C2CCC(C2)C1C(=O)NCC1(c2ccccc2)CC1. The molecule has 0 spiro atoms. The molecule has 2 bridgehead atoms. The van der Waals surface area contributed by atoms with E-state index < -0.39 is 0 Å². The first-order valence-corrected chi connectivity index (χ1v) is 8.28. The zero-order chi connectivity index (χ0) is 14.4. The van der Waals surface area contributed by atoms with Crippen molar-refractivity contribution in [2.45, 2.75) is 43.6 Å². The van der Waals surface area contributed by atoms with Gasteiger partial charge in [-0.1, -0.05) is 30.3 Å². The average molecular weight is 284 g/mol. The van der Waals surface area contributed by atoms with Crippen LogP contribution in [0.3, 0.4) is 0 Å². The van der Waals surface area contributed by atoms with Crippen LogP contribution in [0, 0.1) is 17.8 Å². The van der Waals surface area contributed by atoms with Crippen LogP contribution in [0.15, 0.2) is 30.3 Å². The van der Waals surface area contributed by atoms with Gasteiger partial charge in [0.25, 0.3) is 0 Å². The monoisotopic (exact) mass is 284 g/mol. The molecule has 3 nitrogen and oxygen atoms in total. The Hall–Kier alpha value is -1.35. The highest BCUT2D eigenvalue weighted by molar-refractivity contribution is 5.80. The first-order valence-electron chi connectivity index (χ1n) is 8.28. The lowest BCUT2D eigenvalue weighted by Gasteiger charge is -2.28. The lowest BCUT2D eigenvalue weighted by molar-refractivity contribution is -0.127. The number of rotatable bonds is 4. The molecular weight excluding hydrogens is 260 g/mol. The molecule has 0 heterocycles. The molecule has 3 N–H and O–H groups in total. The van der Waals surface area contributed by atoms with Crippen molar-refractivity contribution in [2.24, 2.45) is 23.5 Å². The maximum absolute atomic E-state index is 12.6. The normalized spacial score (nSPS) is 35.7. The third-order valence-electron chi connectivity index (χ3n) is 6.12. The van der Waals surface area contributed by atoms with Crippen LogP contribution in [0.4, 0.5) is 0 Å². The fraction of sp³-hybridized carbons (Fsp3) is 0.611. The van der Waals surface area contributed by atoms with E-state index in [0.717, 1.165) is 6.54 Å². The molecular formula is C18H24N2O. The summed E-state index contributed by atoms with van der Waals surface area (Å²) in [6.45, 7) is 0.774. The van der Waals surface area contributed by atoms with Gasteiger partial charge in [-0.05, 0) is 49.5 Å². The molecule has 0 aliphatic heterocycles. The van der Waals surface area contributed by atoms with Crippen molar-refractivity contribution in [3.05, 3.63) is 35.9 Å². The van der Waals surface area contributed by atoms with Gasteiger partial charge in [0, 0.05) is 18.0 Å². The maximum Gasteiger partial charge on any atom is 0.224 e. The van der Waals surface area contributed by atoms with Crippen molar-refractivity contribution in [3.63, 3.8) is 0 Å².